The number of nitrogens with one attached hydrogen (secondary N) is 1. The molecule has 23 heavy (non-hydrogen) atoms. The first-order valence-corrected chi connectivity index (χ1v) is 8.34. The molecule has 3 heteroatoms. The Morgan fingerprint density at radius 2 is 2.00 bits per heavy atom. The topological polar surface area (TPSA) is 38.3 Å². The van der Waals surface area contributed by atoms with Gasteiger partial charge >= 0.3 is 0 Å². The number of amides is 1. The SMILES string of the molecule is C[C@@H](Oc1cccc2ccccc12)C(=O)NCC1=CCCCC1. The molecule has 0 heterocycles. The summed E-state index contributed by atoms with van der Waals surface area (Å²) in [6, 6.07) is 14.0. The molecule has 0 aliphatic heterocycles. The number of allylic oxidation sites excluding steroid dienone is 1. The summed E-state index contributed by atoms with van der Waals surface area (Å²) in [5.74, 6) is 0.687. The minimum absolute atomic E-state index is 0.0654. The quantitative estimate of drug-likeness (QED) is 0.840. The lowest BCUT2D eigenvalue weighted by Gasteiger charge is -2.18. The maximum atomic E-state index is 12.3. The summed E-state index contributed by atoms with van der Waals surface area (Å²) in [5, 5.41) is 5.14. The van der Waals surface area contributed by atoms with E-state index in [1.165, 1.54) is 18.4 Å². The van der Waals surface area contributed by atoms with Crippen LogP contribution in [0.1, 0.15) is 32.6 Å². The normalized spacial score (nSPS) is 15.8. The maximum absolute atomic E-state index is 12.3. The fourth-order valence-corrected chi connectivity index (χ4v) is 2.95. The van der Waals surface area contributed by atoms with Gasteiger partial charge in [-0.2, -0.15) is 0 Å². The predicted molar refractivity (Wildman–Crippen MR) is 93.6 cm³/mol. The molecule has 0 unspecified atom stereocenters. The molecule has 1 amide bonds. The van der Waals surface area contributed by atoms with Gasteiger partial charge in [-0.05, 0) is 44.1 Å². The van der Waals surface area contributed by atoms with Crippen LogP contribution in [0.5, 0.6) is 5.75 Å². The Morgan fingerprint density at radius 3 is 2.83 bits per heavy atom. The summed E-state index contributed by atoms with van der Waals surface area (Å²) in [6.45, 7) is 2.44. The van der Waals surface area contributed by atoms with Gasteiger partial charge in [0.25, 0.3) is 5.91 Å². The van der Waals surface area contributed by atoms with Crippen LogP contribution in [0, 0.1) is 0 Å². The van der Waals surface area contributed by atoms with E-state index < -0.39 is 6.10 Å². The molecule has 0 fully saturated rings. The summed E-state index contributed by atoms with van der Waals surface area (Å²) < 4.78 is 5.90. The van der Waals surface area contributed by atoms with E-state index >= 15 is 0 Å². The van der Waals surface area contributed by atoms with E-state index in [2.05, 4.69) is 11.4 Å². The standard InChI is InChI=1S/C20H23NO2/c1-15(20(22)21-14-16-8-3-2-4-9-16)23-19-13-7-11-17-10-5-6-12-18(17)19/h5-8,10-13,15H,2-4,9,14H2,1H3,(H,21,22)/t15-/m1/s1. The molecule has 0 aromatic heterocycles. The van der Waals surface area contributed by atoms with Crippen LogP contribution in [0.15, 0.2) is 54.1 Å². The number of ether oxygens (including phenoxy) is 1. The van der Waals surface area contributed by atoms with Gasteiger partial charge in [-0.15, -0.1) is 0 Å². The molecule has 1 aliphatic rings. The smallest absolute Gasteiger partial charge is 0.261 e. The van der Waals surface area contributed by atoms with Gasteiger partial charge in [0.05, 0.1) is 0 Å². The molecule has 2 aromatic carbocycles. The Kier molecular flexibility index (Phi) is 4.96. The molecule has 2 aromatic rings. The molecule has 1 atom stereocenters. The summed E-state index contributed by atoms with van der Waals surface area (Å²) in [5.41, 5.74) is 1.34. The molecule has 3 nitrogen and oxygen atoms in total. The van der Waals surface area contributed by atoms with E-state index in [-0.39, 0.29) is 5.91 Å². The van der Waals surface area contributed by atoms with Gasteiger partial charge in [-0.3, -0.25) is 4.79 Å². The van der Waals surface area contributed by atoms with E-state index in [1.807, 2.05) is 42.5 Å². The van der Waals surface area contributed by atoms with Crippen molar-refractivity contribution in [3.8, 4) is 5.75 Å². The van der Waals surface area contributed by atoms with Crippen molar-refractivity contribution >= 4 is 16.7 Å². The molecule has 0 spiro atoms. The molecule has 3 rings (SSSR count). The van der Waals surface area contributed by atoms with Gasteiger partial charge in [0, 0.05) is 11.9 Å². The third-order valence-corrected chi connectivity index (χ3v) is 4.30. The van der Waals surface area contributed by atoms with Crippen molar-refractivity contribution < 1.29 is 9.53 Å². The third kappa shape index (κ3) is 3.92. The largest absolute Gasteiger partial charge is 0.480 e. The van der Waals surface area contributed by atoms with Gasteiger partial charge in [-0.1, -0.05) is 48.0 Å². The van der Waals surface area contributed by atoms with Crippen molar-refractivity contribution in [2.45, 2.75) is 38.7 Å². The van der Waals surface area contributed by atoms with Crippen LogP contribution in [0.4, 0.5) is 0 Å². The van der Waals surface area contributed by atoms with E-state index in [0.29, 0.717) is 6.54 Å². The molecule has 0 radical (unpaired) electrons. The molecule has 1 aliphatic carbocycles. The van der Waals surface area contributed by atoms with E-state index in [0.717, 1.165) is 29.4 Å². The van der Waals surface area contributed by atoms with Gasteiger partial charge in [0.15, 0.2) is 6.10 Å². The lowest BCUT2D eigenvalue weighted by atomic mass is 10.00. The number of rotatable bonds is 5. The van der Waals surface area contributed by atoms with Crippen molar-refractivity contribution in [3.05, 3.63) is 54.1 Å². The van der Waals surface area contributed by atoms with Crippen LogP contribution in [-0.2, 0) is 4.79 Å². The van der Waals surface area contributed by atoms with Crippen LogP contribution in [0.25, 0.3) is 10.8 Å². The minimum atomic E-state index is -0.509. The summed E-state index contributed by atoms with van der Waals surface area (Å²) in [7, 11) is 0. The highest BCUT2D eigenvalue weighted by atomic mass is 16.5. The molecular formula is C20H23NO2. The molecule has 0 bridgehead atoms. The Morgan fingerprint density at radius 1 is 1.17 bits per heavy atom. The van der Waals surface area contributed by atoms with Gasteiger partial charge in [-0.25, -0.2) is 0 Å². The lowest BCUT2D eigenvalue weighted by molar-refractivity contribution is -0.127. The summed E-state index contributed by atoms with van der Waals surface area (Å²) in [6.07, 6.45) is 6.46. The van der Waals surface area contributed by atoms with E-state index in [1.54, 1.807) is 6.92 Å². The van der Waals surface area contributed by atoms with Gasteiger partial charge in [0.2, 0.25) is 0 Å². The zero-order valence-corrected chi connectivity index (χ0v) is 13.5. The molecule has 120 valence electrons. The third-order valence-electron chi connectivity index (χ3n) is 4.30. The van der Waals surface area contributed by atoms with Crippen LogP contribution in [0.3, 0.4) is 0 Å². The fraction of sp³-hybridized carbons (Fsp3) is 0.350. The minimum Gasteiger partial charge on any atom is -0.480 e. The van der Waals surface area contributed by atoms with Crippen molar-refractivity contribution in [2.75, 3.05) is 6.54 Å². The highest BCUT2D eigenvalue weighted by Crippen LogP contribution is 2.26. The Labute approximate surface area is 137 Å². The van der Waals surface area contributed by atoms with Gasteiger partial charge in [0.1, 0.15) is 5.75 Å². The second kappa shape index (κ2) is 7.32. The van der Waals surface area contributed by atoms with Crippen LogP contribution in [-0.4, -0.2) is 18.6 Å². The highest BCUT2D eigenvalue weighted by Gasteiger charge is 2.16. The average molecular weight is 309 g/mol. The molecule has 0 saturated heterocycles. The van der Waals surface area contributed by atoms with Crippen molar-refractivity contribution in [1.82, 2.24) is 5.32 Å². The van der Waals surface area contributed by atoms with Crippen molar-refractivity contribution in [3.63, 3.8) is 0 Å². The fourth-order valence-electron chi connectivity index (χ4n) is 2.95. The van der Waals surface area contributed by atoms with Crippen LogP contribution >= 0.6 is 0 Å². The van der Waals surface area contributed by atoms with Crippen molar-refractivity contribution in [1.29, 1.82) is 0 Å². The Bertz CT molecular complexity index is 715. The first kappa shape index (κ1) is 15.6. The first-order valence-electron chi connectivity index (χ1n) is 8.34. The zero-order chi connectivity index (χ0) is 16.1. The first-order chi connectivity index (χ1) is 11.2. The molecule has 1 N–H and O–H groups in total. The van der Waals surface area contributed by atoms with Crippen molar-refractivity contribution in [2.24, 2.45) is 0 Å². The highest BCUT2D eigenvalue weighted by molar-refractivity contribution is 5.89. The number of carbonyl (C=O) groups excluding carboxylic acids is 1. The zero-order valence-electron chi connectivity index (χ0n) is 13.5. The Balaban J connectivity index is 1.62. The monoisotopic (exact) mass is 309 g/mol. The van der Waals surface area contributed by atoms with E-state index in [4.69, 9.17) is 4.74 Å². The second-order valence-corrected chi connectivity index (χ2v) is 6.06. The number of benzene rings is 2. The molecule has 0 saturated carbocycles. The van der Waals surface area contributed by atoms with Gasteiger partial charge < -0.3 is 10.1 Å². The maximum Gasteiger partial charge on any atom is 0.261 e. The predicted octanol–water partition coefficient (Wildman–Crippen LogP) is 4.22. The molecular weight excluding hydrogens is 286 g/mol. The van der Waals surface area contributed by atoms with Crippen LogP contribution in [0.2, 0.25) is 0 Å². The lowest BCUT2D eigenvalue weighted by Crippen LogP contribution is -2.37. The summed E-state index contributed by atoms with van der Waals surface area (Å²) >= 11 is 0. The summed E-state index contributed by atoms with van der Waals surface area (Å²) in [4.78, 5) is 12.3. The number of carbonyl (C=O) groups is 1. The van der Waals surface area contributed by atoms with Crippen LogP contribution < -0.4 is 10.1 Å². The number of fused-ring (bicyclic) bond motifs is 1. The van der Waals surface area contributed by atoms with E-state index in [9.17, 15) is 4.79 Å². The average Bonchev–Trinajstić information content (AvgIpc) is 2.61. The number of hydrogen-bond donors (Lipinski definition) is 1. The Hall–Kier alpha value is -2.29. The number of hydrogen-bond acceptors (Lipinski definition) is 2. The second-order valence-electron chi connectivity index (χ2n) is 6.06.